The van der Waals surface area contributed by atoms with E-state index in [0.29, 0.717) is 37.0 Å². The van der Waals surface area contributed by atoms with Crippen LogP contribution in [0.25, 0.3) is 11.1 Å². The number of amides is 1. The average molecular weight is 744 g/mol. The van der Waals surface area contributed by atoms with Gasteiger partial charge in [0, 0.05) is 24.4 Å². The Kier molecular flexibility index (Phi) is 12.6. The molecule has 4 rings (SSSR count). The summed E-state index contributed by atoms with van der Waals surface area (Å²) >= 11 is 0. The molecule has 2 bridgehead atoms. The molecule has 0 saturated carbocycles. The van der Waals surface area contributed by atoms with Gasteiger partial charge in [0.15, 0.2) is 0 Å². The number of rotatable bonds is 6. The molecule has 3 aromatic rings. The molecule has 0 radical (unpaired) electrons. The van der Waals surface area contributed by atoms with E-state index >= 15 is 4.39 Å². The van der Waals surface area contributed by atoms with Crippen molar-refractivity contribution in [3.63, 3.8) is 0 Å². The van der Waals surface area contributed by atoms with Crippen LogP contribution in [0, 0.1) is 24.5 Å². The number of benzene rings is 2. The number of hydrogen-bond donors (Lipinski definition) is 2. The molecule has 1 aliphatic rings. The first kappa shape index (κ1) is 40.5. The van der Waals surface area contributed by atoms with Crippen molar-refractivity contribution in [2.45, 2.75) is 89.7 Å². The van der Waals surface area contributed by atoms with Gasteiger partial charge in [-0.15, -0.1) is 0 Å². The van der Waals surface area contributed by atoms with Crippen LogP contribution in [-0.4, -0.2) is 47.1 Å². The number of fused-ring (bicyclic) bond motifs is 4. The first-order chi connectivity index (χ1) is 24.2. The van der Waals surface area contributed by atoms with Crippen LogP contribution in [0.5, 0.6) is 0 Å². The van der Waals surface area contributed by atoms with Gasteiger partial charge in [0.25, 0.3) is 5.56 Å². The van der Waals surface area contributed by atoms with Crippen molar-refractivity contribution in [2.24, 2.45) is 5.92 Å². The number of carboxylic acid groups (broad SMARTS) is 1. The molecular formula is C37H41F8N3O4. The maximum Gasteiger partial charge on any atom is 0.419 e. The lowest BCUT2D eigenvalue weighted by molar-refractivity contribution is -0.140. The number of nitrogens with one attached hydrogen (secondary N) is 1. The molecule has 2 N–H and O–H groups in total. The fraction of sp³-hybridized carbons (Fsp3) is 0.486. The number of carbonyl (C=O) groups excluding carboxylic acids is 1. The minimum Gasteiger partial charge on any atom is -0.481 e. The second kappa shape index (κ2) is 16.2. The highest BCUT2D eigenvalue weighted by atomic mass is 19.4. The Bertz CT molecular complexity index is 1850. The summed E-state index contributed by atoms with van der Waals surface area (Å²) in [4.78, 5) is 41.1. The zero-order valence-electron chi connectivity index (χ0n) is 29.2. The third kappa shape index (κ3) is 9.78. The minimum atomic E-state index is -5.27. The number of nitrogens with zero attached hydrogens (tertiary/aromatic N) is 2. The van der Waals surface area contributed by atoms with Crippen molar-refractivity contribution in [1.82, 2.24) is 14.8 Å². The van der Waals surface area contributed by atoms with Crippen molar-refractivity contribution in [1.29, 1.82) is 0 Å². The first-order valence-corrected chi connectivity index (χ1v) is 16.9. The van der Waals surface area contributed by atoms with E-state index in [1.807, 2.05) is 6.92 Å². The molecule has 1 amide bonds. The lowest BCUT2D eigenvalue weighted by Crippen LogP contribution is -2.40. The van der Waals surface area contributed by atoms with Gasteiger partial charge in [0.05, 0.1) is 23.6 Å². The Morgan fingerprint density at radius 1 is 0.942 bits per heavy atom. The van der Waals surface area contributed by atoms with Crippen LogP contribution in [0.1, 0.15) is 90.9 Å². The van der Waals surface area contributed by atoms with Crippen LogP contribution >= 0.6 is 0 Å². The van der Waals surface area contributed by atoms with E-state index in [4.69, 9.17) is 0 Å². The van der Waals surface area contributed by atoms with Gasteiger partial charge in [0.1, 0.15) is 17.7 Å². The fourth-order valence-corrected chi connectivity index (χ4v) is 6.79. The molecule has 0 fully saturated rings. The number of carbonyl (C=O) groups is 2. The third-order valence-electron chi connectivity index (χ3n) is 9.41. The van der Waals surface area contributed by atoms with Gasteiger partial charge in [-0.1, -0.05) is 19.8 Å². The number of aryl methyl sites for hydroxylation is 2. The van der Waals surface area contributed by atoms with Crippen LogP contribution in [0.4, 0.5) is 35.1 Å². The van der Waals surface area contributed by atoms with E-state index in [1.54, 1.807) is 19.0 Å². The van der Waals surface area contributed by atoms with Gasteiger partial charge in [-0.3, -0.25) is 14.4 Å². The van der Waals surface area contributed by atoms with Crippen LogP contribution in [0.2, 0.25) is 0 Å². The zero-order valence-corrected chi connectivity index (χ0v) is 29.2. The van der Waals surface area contributed by atoms with Crippen LogP contribution in [0.3, 0.4) is 0 Å². The van der Waals surface area contributed by atoms with Crippen molar-refractivity contribution in [3.05, 3.63) is 91.9 Å². The van der Waals surface area contributed by atoms with Crippen LogP contribution < -0.4 is 10.9 Å². The van der Waals surface area contributed by atoms with Gasteiger partial charge in [-0.25, -0.2) is 8.78 Å². The van der Waals surface area contributed by atoms with Crippen LogP contribution in [0.15, 0.2) is 41.3 Å². The number of carboxylic acids is 1. The summed E-state index contributed by atoms with van der Waals surface area (Å²) in [6.07, 6.45) is -8.39. The number of hydrogen-bond acceptors (Lipinski definition) is 4. The highest BCUT2D eigenvalue weighted by Crippen LogP contribution is 2.41. The van der Waals surface area contributed by atoms with Gasteiger partial charge in [0.2, 0.25) is 5.91 Å². The summed E-state index contributed by atoms with van der Waals surface area (Å²) in [5.74, 6) is -5.25. The number of alkyl halides is 6. The molecule has 0 saturated heterocycles. The summed E-state index contributed by atoms with van der Waals surface area (Å²) < 4.78 is 117. The standard InChI is InChI=1S/C37H41F8N3O4/c1-20-7-5-6-8-22-14-25(38)13-21(2)33(22)24-15-26(34(39)28(16-24)37(43,44)45)29(18-32(50)51)46-35(52)30(10-9-20)48-19-23(11-12-47(3)4)27(17-31(48)49)36(40,41)42/h13-17,19-20,29-30H,5-12,18H2,1-4H3,(H,46,52)(H,50,51)/t20?,29-,30-/m0/s1. The molecule has 0 spiro atoms. The molecule has 7 nitrogen and oxygen atoms in total. The van der Waals surface area contributed by atoms with Crippen molar-refractivity contribution < 1.29 is 49.8 Å². The fourth-order valence-electron chi connectivity index (χ4n) is 6.79. The molecule has 1 unspecified atom stereocenters. The van der Waals surface area contributed by atoms with Gasteiger partial charge >= 0.3 is 18.3 Å². The molecule has 15 heteroatoms. The Morgan fingerprint density at radius 2 is 1.62 bits per heavy atom. The first-order valence-electron chi connectivity index (χ1n) is 16.9. The number of aliphatic carboxylic acids is 1. The third-order valence-corrected chi connectivity index (χ3v) is 9.41. The topological polar surface area (TPSA) is 91.6 Å². The molecule has 2 aromatic carbocycles. The molecule has 0 aliphatic carbocycles. The predicted molar refractivity (Wildman–Crippen MR) is 178 cm³/mol. The second-order valence-corrected chi connectivity index (χ2v) is 13.8. The van der Waals surface area contributed by atoms with E-state index in [-0.39, 0.29) is 60.4 Å². The van der Waals surface area contributed by atoms with E-state index in [2.05, 4.69) is 5.32 Å². The Labute approximate surface area is 295 Å². The van der Waals surface area contributed by atoms with Gasteiger partial charge in [-0.05, 0) is 111 Å². The SMILES string of the molecule is Cc1cc(F)cc2c1-c1cc(c(F)c(C(F)(F)F)c1)[C@H](CC(=O)O)NC(=O)[C@@H](n1cc(CCN(C)C)c(C(F)(F)F)cc1=O)CCC(C)CCCC2. The maximum absolute atomic E-state index is 15.9. The van der Waals surface area contributed by atoms with Crippen molar-refractivity contribution >= 4 is 11.9 Å². The summed E-state index contributed by atoms with van der Waals surface area (Å²) in [5, 5.41) is 12.1. The normalized spacial score (nSPS) is 19.3. The van der Waals surface area contributed by atoms with Crippen molar-refractivity contribution in [3.8, 4) is 11.1 Å². The van der Waals surface area contributed by atoms with Gasteiger partial charge in [-0.2, -0.15) is 26.3 Å². The number of likely N-dealkylation sites (N-methyl/N-ethyl adjacent to an activating group) is 1. The number of pyridine rings is 1. The predicted octanol–water partition coefficient (Wildman–Crippen LogP) is 8.26. The van der Waals surface area contributed by atoms with Crippen LogP contribution in [-0.2, 0) is 34.8 Å². The summed E-state index contributed by atoms with van der Waals surface area (Å²) in [6, 6.07) is 0.811. The minimum absolute atomic E-state index is 0.0791. The highest BCUT2D eigenvalue weighted by molar-refractivity contribution is 5.82. The van der Waals surface area contributed by atoms with E-state index in [0.717, 1.165) is 22.9 Å². The summed E-state index contributed by atoms with van der Waals surface area (Å²) in [6.45, 7) is 3.51. The Balaban J connectivity index is 1.96. The quantitative estimate of drug-likeness (QED) is 0.248. The van der Waals surface area contributed by atoms with Crippen molar-refractivity contribution in [2.75, 3.05) is 20.6 Å². The Morgan fingerprint density at radius 3 is 2.23 bits per heavy atom. The smallest absolute Gasteiger partial charge is 0.419 e. The molecular weight excluding hydrogens is 702 g/mol. The monoisotopic (exact) mass is 743 g/mol. The lowest BCUT2D eigenvalue weighted by atomic mass is 9.87. The number of halogens is 8. The molecule has 2 heterocycles. The van der Waals surface area contributed by atoms with Gasteiger partial charge < -0.3 is 19.9 Å². The zero-order chi connectivity index (χ0) is 38.7. The summed E-state index contributed by atoms with van der Waals surface area (Å²) in [5.41, 5.74) is -4.56. The summed E-state index contributed by atoms with van der Waals surface area (Å²) in [7, 11) is 3.28. The number of aromatic nitrogens is 1. The molecule has 284 valence electrons. The van der Waals surface area contributed by atoms with E-state index < -0.39 is 76.6 Å². The second-order valence-electron chi connectivity index (χ2n) is 13.8. The lowest BCUT2D eigenvalue weighted by Gasteiger charge is -2.27. The van der Waals surface area contributed by atoms with E-state index in [1.165, 1.54) is 13.0 Å². The average Bonchev–Trinajstić information content (AvgIpc) is 3.01. The van der Waals surface area contributed by atoms with E-state index in [9.17, 15) is 50.2 Å². The Hall–Kier alpha value is -4.27. The largest absolute Gasteiger partial charge is 0.481 e. The molecule has 1 aromatic heterocycles. The molecule has 3 atom stereocenters. The molecule has 52 heavy (non-hydrogen) atoms. The maximum atomic E-state index is 15.9. The highest BCUT2D eigenvalue weighted by Gasteiger charge is 2.39. The molecule has 1 aliphatic heterocycles.